The Hall–Kier alpha value is -1.92. The summed E-state index contributed by atoms with van der Waals surface area (Å²) in [7, 11) is 0. The van der Waals surface area contributed by atoms with Crippen LogP contribution in [0.5, 0.6) is 0 Å². The minimum atomic E-state index is -0.392. The first-order valence-corrected chi connectivity index (χ1v) is 9.66. The highest BCUT2D eigenvalue weighted by molar-refractivity contribution is 5.88. The fraction of sp³-hybridized carbons (Fsp3) is 0.600. The molecule has 0 bridgehead atoms. The lowest BCUT2D eigenvalue weighted by Crippen LogP contribution is -2.49. The van der Waals surface area contributed by atoms with Crippen LogP contribution in [0, 0.1) is 11.3 Å². The van der Waals surface area contributed by atoms with Crippen LogP contribution in [-0.4, -0.2) is 37.9 Å². The third-order valence-corrected chi connectivity index (χ3v) is 5.78. The second kappa shape index (κ2) is 9.14. The zero-order valence-corrected chi connectivity index (χ0v) is 15.3. The van der Waals surface area contributed by atoms with Gasteiger partial charge in [-0.15, -0.1) is 0 Å². The fourth-order valence-electron chi connectivity index (χ4n) is 4.30. The van der Waals surface area contributed by atoms with E-state index in [0.717, 1.165) is 57.5 Å². The van der Waals surface area contributed by atoms with E-state index in [2.05, 4.69) is 16.1 Å². The molecule has 0 amide bonds. The molecule has 0 aliphatic carbocycles. The molecule has 0 saturated carbocycles. The van der Waals surface area contributed by atoms with E-state index in [1.807, 2.05) is 30.3 Å². The predicted octanol–water partition coefficient (Wildman–Crippen LogP) is 2.28. The van der Waals surface area contributed by atoms with Crippen LogP contribution in [0.3, 0.4) is 0 Å². The molecule has 26 heavy (non-hydrogen) atoms. The van der Waals surface area contributed by atoms with Gasteiger partial charge in [-0.2, -0.15) is 0 Å². The van der Waals surface area contributed by atoms with Crippen LogP contribution in [0.2, 0.25) is 0 Å². The van der Waals surface area contributed by atoms with Crippen molar-refractivity contribution in [2.24, 2.45) is 11.3 Å². The molecule has 3 rings (SSSR count). The third-order valence-electron chi connectivity index (χ3n) is 5.78. The number of nitrogens with one attached hydrogen (secondary N) is 3. The molecule has 2 fully saturated rings. The van der Waals surface area contributed by atoms with Crippen molar-refractivity contribution in [3.8, 4) is 0 Å². The molecule has 1 aromatic carbocycles. The van der Waals surface area contributed by atoms with Crippen LogP contribution in [-0.2, 0) is 14.4 Å². The minimum Gasteiger partial charge on any atom is -0.343 e. The molecule has 2 aliphatic rings. The molecular weight excluding hydrogens is 330 g/mol. The molecule has 142 valence electrons. The summed E-state index contributed by atoms with van der Waals surface area (Å²) in [4.78, 5) is 30.2. The largest absolute Gasteiger partial charge is 0.343 e. The average Bonchev–Trinajstić information content (AvgIpc) is 2.72. The van der Waals surface area contributed by atoms with Gasteiger partial charge in [-0.1, -0.05) is 18.2 Å². The summed E-state index contributed by atoms with van der Waals surface area (Å²) < 4.78 is 0. The number of para-hydroxylation sites is 1. The summed E-state index contributed by atoms with van der Waals surface area (Å²) in [6.07, 6.45) is 4.25. The van der Waals surface area contributed by atoms with Gasteiger partial charge in [-0.3, -0.25) is 4.79 Å². The van der Waals surface area contributed by atoms with Gasteiger partial charge in [0.1, 0.15) is 5.78 Å². The van der Waals surface area contributed by atoms with Gasteiger partial charge in [0.15, 0.2) is 0 Å². The van der Waals surface area contributed by atoms with Gasteiger partial charge in [-0.25, -0.2) is 10.3 Å². The molecule has 6 heteroatoms. The van der Waals surface area contributed by atoms with Gasteiger partial charge >= 0.3 is 5.97 Å². The van der Waals surface area contributed by atoms with Crippen molar-refractivity contribution in [3.05, 3.63) is 30.3 Å². The normalized spacial score (nSPS) is 20.3. The third kappa shape index (κ3) is 4.62. The Balaban J connectivity index is 1.53. The van der Waals surface area contributed by atoms with Crippen molar-refractivity contribution in [1.82, 2.24) is 10.6 Å². The SMILES string of the molecule is O=C(CCC(=O)C1(C2CCNCC2)CCNCC1)ONc1ccccc1. The van der Waals surface area contributed by atoms with E-state index >= 15 is 0 Å². The minimum absolute atomic E-state index is 0.124. The van der Waals surface area contributed by atoms with Crippen LogP contribution >= 0.6 is 0 Å². The van der Waals surface area contributed by atoms with Gasteiger partial charge in [0, 0.05) is 11.8 Å². The molecule has 1 aromatic rings. The summed E-state index contributed by atoms with van der Waals surface area (Å²) in [5, 5.41) is 6.75. The molecule has 2 saturated heterocycles. The maximum Gasteiger partial charge on any atom is 0.332 e. The summed E-state index contributed by atoms with van der Waals surface area (Å²) in [5.41, 5.74) is 3.10. The first-order chi connectivity index (χ1) is 12.7. The second-order valence-electron chi connectivity index (χ2n) is 7.30. The number of carbonyl (C=O) groups is 2. The molecule has 6 nitrogen and oxygen atoms in total. The molecule has 0 spiro atoms. The Morgan fingerprint density at radius 1 is 1.00 bits per heavy atom. The lowest BCUT2D eigenvalue weighted by atomic mass is 9.62. The first-order valence-electron chi connectivity index (χ1n) is 9.66. The standard InChI is InChI=1S/C20H29N3O3/c24-18(6-7-19(25)26-23-17-4-2-1-3-5-17)20(10-14-22-15-11-20)16-8-12-21-13-9-16/h1-5,16,21-23H,6-15H2. The smallest absolute Gasteiger partial charge is 0.332 e. The number of hydrogen-bond acceptors (Lipinski definition) is 6. The molecule has 0 unspecified atom stereocenters. The van der Waals surface area contributed by atoms with E-state index in [1.54, 1.807) is 0 Å². The number of Topliss-reactive ketones (excluding diaryl/α,β-unsaturated/α-hetero) is 1. The summed E-state index contributed by atoms with van der Waals surface area (Å²) in [6.45, 7) is 3.73. The summed E-state index contributed by atoms with van der Waals surface area (Å²) >= 11 is 0. The zero-order chi connectivity index (χ0) is 18.2. The van der Waals surface area contributed by atoms with E-state index in [0.29, 0.717) is 5.92 Å². The lowest BCUT2D eigenvalue weighted by molar-refractivity contribution is -0.144. The molecule has 0 aromatic heterocycles. The van der Waals surface area contributed by atoms with E-state index in [1.165, 1.54) is 0 Å². The molecule has 2 heterocycles. The number of benzene rings is 1. The Kier molecular flexibility index (Phi) is 6.63. The number of piperidine rings is 2. The Morgan fingerprint density at radius 2 is 1.65 bits per heavy atom. The number of ketones is 1. The highest BCUT2D eigenvalue weighted by Gasteiger charge is 2.45. The Labute approximate surface area is 155 Å². The molecule has 2 aliphatic heterocycles. The van der Waals surface area contributed by atoms with Gasteiger partial charge < -0.3 is 15.5 Å². The number of hydrogen-bond donors (Lipinski definition) is 3. The van der Waals surface area contributed by atoms with Crippen LogP contribution in [0.4, 0.5) is 5.69 Å². The van der Waals surface area contributed by atoms with E-state index in [4.69, 9.17) is 4.84 Å². The highest BCUT2D eigenvalue weighted by Crippen LogP contribution is 2.43. The quantitative estimate of drug-likeness (QED) is 0.648. The molecule has 0 radical (unpaired) electrons. The fourth-order valence-corrected chi connectivity index (χ4v) is 4.30. The highest BCUT2D eigenvalue weighted by atomic mass is 16.7. The predicted molar refractivity (Wildman–Crippen MR) is 101 cm³/mol. The van der Waals surface area contributed by atoms with Crippen molar-refractivity contribution in [2.75, 3.05) is 31.7 Å². The van der Waals surface area contributed by atoms with Crippen LogP contribution in [0.15, 0.2) is 30.3 Å². The van der Waals surface area contributed by atoms with Gasteiger partial charge in [0.05, 0.1) is 12.1 Å². The van der Waals surface area contributed by atoms with Gasteiger partial charge in [-0.05, 0) is 69.9 Å². The van der Waals surface area contributed by atoms with Crippen LogP contribution in [0.25, 0.3) is 0 Å². The zero-order valence-electron chi connectivity index (χ0n) is 15.3. The number of anilines is 1. The lowest BCUT2D eigenvalue weighted by Gasteiger charge is -2.44. The van der Waals surface area contributed by atoms with Crippen LogP contribution < -0.4 is 16.1 Å². The van der Waals surface area contributed by atoms with Crippen molar-refractivity contribution >= 4 is 17.4 Å². The monoisotopic (exact) mass is 359 g/mol. The van der Waals surface area contributed by atoms with E-state index in [9.17, 15) is 9.59 Å². The Morgan fingerprint density at radius 3 is 2.35 bits per heavy atom. The van der Waals surface area contributed by atoms with Crippen molar-refractivity contribution in [1.29, 1.82) is 0 Å². The number of carbonyl (C=O) groups excluding carboxylic acids is 2. The van der Waals surface area contributed by atoms with Gasteiger partial charge in [0.25, 0.3) is 0 Å². The maximum absolute atomic E-state index is 13.1. The Bertz CT molecular complexity index is 594. The van der Waals surface area contributed by atoms with E-state index in [-0.39, 0.29) is 24.0 Å². The number of rotatable bonds is 7. The van der Waals surface area contributed by atoms with E-state index < -0.39 is 5.97 Å². The maximum atomic E-state index is 13.1. The molecule has 3 N–H and O–H groups in total. The van der Waals surface area contributed by atoms with Gasteiger partial charge in [0.2, 0.25) is 0 Å². The van der Waals surface area contributed by atoms with Crippen LogP contribution in [0.1, 0.15) is 38.5 Å². The first kappa shape index (κ1) is 18.9. The van der Waals surface area contributed by atoms with Crippen molar-refractivity contribution in [2.45, 2.75) is 38.5 Å². The second-order valence-corrected chi connectivity index (χ2v) is 7.30. The molecule has 0 atom stereocenters. The van der Waals surface area contributed by atoms with Crippen molar-refractivity contribution < 1.29 is 14.4 Å². The summed E-state index contributed by atoms with van der Waals surface area (Å²) in [6, 6.07) is 9.25. The summed E-state index contributed by atoms with van der Waals surface area (Å²) in [5.74, 6) is 0.274. The topological polar surface area (TPSA) is 79.5 Å². The molecular formula is C20H29N3O3. The average molecular weight is 359 g/mol. The van der Waals surface area contributed by atoms with Crippen molar-refractivity contribution in [3.63, 3.8) is 0 Å².